The molecule has 2 atom stereocenters. The lowest BCUT2D eigenvalue weighted by molar-refractivity contribution is -0.160. The molecule has 2 saturated heterocycles. The first-order valence-electron chi connectivity index (χ1n) is 7.29. The molecule has 1 spiro atoms. The molecule has 2 fully saturated rings. The summed E-state index contributed by atoms with van der Waals surface area (Å²) in [6.07, 6.45) is 2.02. The third-order valence-electron chi connectivity index (χ3n) is 3.97. The third-order valence-corrected chi connectivity index (χ3v) is 3.97. The van der Waals surface area contributed by atoms with Crippen LogP contribution in [0.2, 0.25) is 0 Å². The lowest BCUT2D eigenvalue weighted by Gasteiger charge is -2.47. The van der Waals surface area contributed by atoms with E-state index in [0.717, 1.165) is 19.4 Å². The first kappa shape index (κ1) is 14.3. The maximum atomic E-state index is 11.1. The van der Waals surface area contributed by atoms with Gasteiger partial charge in [0.1, 0.15) is 11.4 Å². The van der Waals surface area contributed by atoms with Crippen molar-refractivity contribution in [3.63, 3.8) is 0 Å². The summed E-state index contributed by atoms with van der Waals surface area (Å²) in [5.74, 6) is -0.316. The molecule has 1 aromatic heterocycles. The van der Waals surface area contributed by atoms with Gasteiger partial charge in [-0.25, -0.2) is 9.78 Å². The van der Waals surface area contributed by atoms with Gasteiger partial charge in [-0.1, -0.05) is 6.07 Å². The molecule has 6 heteroatoms. The number of rotatable bonds is 2. The Morgan fingerprint density at radius 3 is 3.10 bits per heavy atom. The highest BCUT2D eigenvalue weighted by molar-refractivity contribution is 5.85. The monoisotopic (exact) mass is 292 g/mol. The molecule has 0 aliphatic carbocycles. The fourth-order valence-corrected chi connectivity index (χ4v) is 3.16. The van der Waals surface area contributed by atoms with Crippen LogP contribution in [0.4, 0.5) is 5.82 Å². The summed E-state index contributed by atoms with van der Waals surface area (Å²) in [6, 6.07) is 5.09. The molecule has 0 radical (unpaired) electrons. The Hall–Kier alpha value is -1.66. The molecule has 0 unspecified atom stereocenters. The van der Waals surface area contributed by atoms with Crippen LogP contribution in [0.15, 0.2) is 18.2 Å². The zero-order valence-electron chi connectivity index (χ0n) is 12.1. The maximum Gasteiger partial charge on any atom is 0.354 e. The van der Waals surface area contributed by atoms with E-state index in [1.54, 1.807) is 6.07 Å². The minimum atomic E-state index is -1.01. The number of aromatic carboxylic acids is 1. The van der Waals surface area contributed by atoms with Gasteiger partial charge < -0.3 is 19.5 Å². The van der Waals surface area contributed by atoms with Crippen molar-refractivity contribution in [1.29, 1.82) is 0 Å². The van der Waals surface area contributed by atoms with Gasteiger partial charge in [0.15, 0.2) is 5.69 Å². The zero-order valence-corrected chi connectivity index (χ0v) is 12.1. The zero-order chi connectivity index (χ0) is 14.9. The largest absolute Gasteiger partial charge is 0.477 e. The number of morpholine rings is 1. The molecule has 3 heterocycles. The lowest BCUT2D eigenvalue weighted by atomic mass is 9.93. The van der Waals surface area contributed by atoms with Gasteiger partial charge in [0.25, 0.3) is 0 Å². The molecule has 0 saturated carbocycles. The summed E-state index contributed by atoms with van der Waals surface area (Å²) in [6.45, 7) is 4.80. The van der Waals surface area contributed by atoms with Crippen molar-refractivity contribution in [3.05, 3.63) is 23.9 Å². The summed E-state index contributed by atoms with van der Waals surface area (Å²) < 4.78 is 11.7. The van der Waals surface area contributed by atoms with Gasteiger partial charge in [-0.05, 0) is 31.9 Å². The fourth-order valence-electron chi connectivity index (χ4n) is 3.16. The lowest BCUT2D eigenvalue weighted by Crippen LogP contribution is -2.58. The Labute approximate surface area is 123 Å². The second-order valence-electron chi connectivity index (χ2n) is 5.83. The minimum absolute atomic E-state index is 0.0655. The molecule has 2 aliphatic heterocycles. The van der Waals surface area contributed by atoms with Crippen LogP contribution in [0.3, 0.4) is 0 Å². The average Bonchev–Trinajstić information content (AvgIpc) is 2.47. The molecule has 0 amide bonds. The van der Waals surface area contributed by atoms with Gasteiger partial charge in [0.2, 0.25) is 0 Å². The Morgan fingerprint density at radius 1 is 1.52 bits per heavy atom. The first-order chi connectivity index (χ1) is 10.1. The number of hydrogen-bond acceptors (Lipinski definition) is 5. The van der Waals surface area contributed by atoms with Crippen molar-refractivity contribution in [2.45, 2.75) is 31.5 Å². The van der Waals surface area contributed by atoms with Gasteiger partial charge in [-0.2, -0.15) is 0 Å². The van der Waals surface area contributed by atoms with Crippen LogP contribution in [-0.2, 0) is 9.47 Å². The molecule has 0 bridgehead atoms. The quantitative estimate of drug-likeness (QED) is 0.892. The molecule has 6 nitrogen and oxygen atoms in total. The Kier molecular flexibility index (Phi) is 3.82. The van der Waals surface area contributed by atoms with Crippen molar-refractivity contribution < 1.29 is 19.4 Å². The molecule has 0 aromatic carbocycles. The third kappa shape index (κ3) is 3.01. The van der Waals surface area contributed by atoms with Crippen molar-refractivity contribution >= 4 is 11.8 Å². The van der Waals surface area contributed by atoms with Gasteiger partial charge in [0, 0.05) is 13.2 Å². The van der Waals surface area contributed by atoms with Crippen LogP contribution in [0.5, 0.6) is 0 Å². The van der Waals surface area contributed by atoms with Gasteiger partial charge in [0.05, 0.1) is 19.3 Å². The van der Waals surface area contributed by atoms with Crippen LogP contribution >= 0.6 is 0 Å². The predicted octanol–water partition coefficient (Wildman–Crippen LogP) is 1.55. The van der Waals surface area contributed by atoms with Crippen molar-refractivity contribution in [2.24, 2.45) is 0 Å². The van der Waals surface area contributed by atoms with Crippen molar-refractivity contribution in [1.82, 2.24) is 4.98 Å². The molecular formula is C15H20N2O4. The van der Waals surface area contributed by atoms with Crippen LogP contribution in [0.25, 0.3) is 0 Å². The SMILES string of the molecule is C[C@H]1CN(c2cccc(C(=O)O)n2)C[C@@]2(CCCOC2)O1. The number of aromatic nitrogens is 1. The van der Waals surface area contributed by atoms with Crippen LogP contribution in [0.1, 0.15) is 30.3 Å². The highest BCUT2D eigenvalue weighted by Crippen LogP contribution is 2.31. The highest BCUT2D eigenvalue weighted by Gasteiger charge is 2.41. The summed E-state index contributed by atoms with van der Waals surface area (Å²) in [7, 11) is 0. The van der Waals surface area contributed by atoms with Gasteiger partial charge in [-0.15, -0.1) is 0 Å². The van der Waals surface area contributed by atoms with Crippen LogP contribution in [0, 0.1) is 0 Å². The summed E-state index contributed by atoms with van der Waals surface area (Å²) in [4.78, 5) is 17.4. The van der Waals surface area contributed by atoms with E-state index in [0.29, 0.717) is 25.5 Å². The van der Waals surface area contributed by atoms with E-state index in [1.807, 2.05) is 13.0 Å². The highest BCUT2D eigenvalue weighted by atomic mass is 16.6. The van der Waals surface area contributed by atoms with Gasteiger partial charge in [-0.3, -0.25) is 0 Å². The Bertz CT molecular complexity index is 528. The number of hydrogen-bond donors (Lipinski definition) is 1. The smallest absolute Gasteiger partial charge is 0.354 e. The van der Waals surface area contributed by atoms with E-state index >= 15 is 0 Å². The number of carboxylic acid groups (broad SMARTS) is 1. The summed E-state index contributed by atoms with van der Waals surface area (Å²) >= 11 is 0. The van der Waals surface area contributed by atoms with E-state index < -0.39 is 5.97 Å². The topological polar surface area (TPSA) is 71.9 Å². The second kappa shape index (κ2) is 5.61. The molecule has 114 valence electrons. The number of nitrogens with zero attached hydrogens (tertiary/aromatic N) is 2. The standard InChI is InChI=1S/C15H20N2O4/c1-11-8-17(9-15(21-11)6-3-7-20-10-15)13-5-2-4-12(16-13)14(18)19/h2,4-5,11H,3,6-10H2,1H3,(H,18,19)/t11-,15+/m0/s1. The number of pyridine rings is 1. The Balaban J connectivity index is 1.84. The molecule has 3 rings (SSSR count). The fraction of sp³-hybridized carbons (Fsp3) is 0.600. The Morgan fingerprint density at radius 2 is 2.38 bits per heavy atom. The number of anilines is 1. The molecule has 2 aliphatic rings. The van der Waals surface area contributed by atoms with E-state index in [9.17, 15) is 4.79 Å². The number of carbonyl (C=O) groups is 1. The average molecular weight is 292 g/mol. The first-order valence-corrected chi connectivity index (χ1v) is 7.29. The molecule has 21 heavy (non-hydrogen) atoms. The maximum absolute atomic E-state index is 11.1. The van der Waals surface area contributed by atoms with Crippen molar-refractivity contribution in [2.75, 3.05) is 31.2 Å². The van der Waals surface area contributed by atoms with Crippen LogP contribution < -0.4 is 4.90 Å². The summed E-state index contributed by atoms with van der Waals surface area (Å²) in [5.41, 5.74) is -0.225. The second-order valence-corrected chi connectivity index (χ2v) is 5.83. The van der Waals surface area contributed by atoms with E-state index in [4.69, 9.17) is 14.6 Å². The van der Waals surface area contributed by atoms with Gasteiger partial charge >= 0.3 is 5.97 Å². The summed E-state index contributed by atoms with van der Waals surface area (Å²) in [5, 5.41) is 9.08. The van der Waals surface area contributed by atoms with Crippen LogP contribution in [-0.4, -0.2) is 54.1 Å². The number of ether oxygens (including phenoxy) is 2. The van der Waals surface area contributed by atoms with E-state index in [-0.39, 0.29) is 17.4 Å². The van der Waals surface area contributed by atoms with E-state index in [2.05, 4.69) is 9.88 Å². The normalized spacial score (nSPS) is 29.6. The predicted molar refractivity (Wildman–Crippen MR) is 76.7 cm³/mol. The molecule has 1 aromatic rings. The number of carboxylic acids is 1. The minimum Gasteiger partial charge on any atom is -0.477 e. The van der Waals surface area contributed by atoms with E-state index in [1.165, 1.54) is 6.07 Å². The molecule has 1 N–H and O–H groups in total. The molecular weight excluding hydrogens is 272 g/mol. The van der Waals surface area contributed by atoms with Crippen molar-refractivity contribution in [3.8, 4) is 0 Å².